The second-order valence-electron chi connectivity index (χ2n) is 21.6. The van der Waals surface area contributed by atoms with Gasteiger partial charge in [0.05, 0.1) is 0 Å². The van der Waals surface area contributed by atoms with Gasteiger partial charge in [-0.3, -0.25) is 0 Å². The molecule has 0 aliphatic heterocycles. The lowest BCUT2D eigenvalue weighted by atomic mass is 9.83. The van der Waals surface area contributed by atoms with E-state index in [9.17, 15) is 0 Å². The molecule has 1 unspecified atom stereocenters. The first-order valence-corrected chi connectivity index (χ1v) is 30.3. The zero-order chi connectivity index (χ0) is 54.0. The van der Waals surface area contributed by atoms with Crippen molar-refractivity contribution >= 4 is 87.5 Å². The molecule has 10 rings (SSSR count). The van der Waals surface area contributed by atoms with Gasteiger partial charge in [0.15, 0.2) is 0 Å². The summed E-state index contributed by atoms with van der Waals surface area (Å²) in [6.07, 6.45) is 15.4. The first-order chi connectivity index (χ1) is 38.2. The van der Waals surface area contributed by atoms with Crippen molar-refractivity contribution < 1.29 is 0 Å². The molecular formula is C74H74Br2N2. The molecule has 0 saturated heterocycles. The highest BCUT2D eigenvalue weighted by Gasteiger charge is 2.21. The number of rotatable bonds is 22. The van der Waals surface area contributed by atoms with Gasteiger partial charge in [-0.15, -0.1) is 0 Å². The van der Waals surface area contributed by atoms with E-state index in [4.69, 9.17) is 0 Å². The summed E-state index contributed by atoms with van der Waals surface area (Å²) in [5, 5.41) is 5.03. The maximum Gasteiger partial charge on any atom is 0.0472 e. The zero-order valence-electron chi connectivity index (χ0n) is 46.3. The van der Waals surface area contributed by atoms with Crippen LogP contribution in [0.15, 0.2) is 215 Å². The number of halogens is 2. The minimum Gasteiger partial charge on any atom is -0.310 e. The van der Waals surface area contributed by atoms with E-state index in [0.29, 0.717) is 5.92 Å². The van der Waals surface area contributed by atoms with Crippen LogP contribution in [0.4, 0.5) is 34.1 Å². The molecule has 10 aromatic carbocycles. The van der Waals surface area contributed by atoms with E-state index >= 15 is 0 Å². The van der Waals surface area contributed by atoms with Crippen molar-refractivity contribution in [1.29, 1.82) is 0 Å². The van der Waals surface area contributed by atoms with Gasteiger partial charge in [0, 0.05) is 43.1 Å². The third kappa shape index (κ3) is 12.4. The van der Waals surface area contributed by atoms with Crippen molar-refractivity contribution in [2.45, 2.75) is 118 Å². The van der Waals surface area contributed by atoms with Crippen molar-refractivity contribution in [1.82, 2.24) is 0 Å². The molecule has 4 heteroatoms. The molecule has 394 valence electrons. The Kier molecular flexibility index (Phi) is 18.1. The van der Waals surface area contributed by atoms with Gasteiger partial charge >= 0.3 is 0 Å². The molecule has 0 aromatic heterocycles. The zero-order valence-corrected chi connectivity index (χ0v) is 49.5. The number of fused-ring (bicyclic) bond motifs is 2. The highest BCUT2D eigenvalue weighted by Crippen LogP contribution is 2.46. The number of nitrogens with zero attached hydrogens (tertiary/aromatic N) is 2. The number of hydrogen-bond donors (Lipinski definition) is 0. The molecule has 0 spiro atoms. The van der Waals surface area contributed by atoms with Crippen LogP contribution in [0.5, 0.6) is 0 Å². The van der Waals surface area contributed by atoms with Crippen molar-refractivity contribution in [3.05, 3.63) is 237 Å². The van der Waals surface area contributed by atoms with Gasteiger partial charge in [0.25, 0.3) is 0 Å². The summed E-state index contributed by atoms with van der Waals surface area (Å²) in [6.45, 7) is 11.5. The van der Waals surface area contributed by atoms with Crippen LogP contribution in [-0.4, -0.2) is 0 Å². The molecular weight excluding hydrogens is 1080 g/mol. The topological polar surface area (TPSA) is 6.48 Å². The number of unbranched alkanes of at least 4 members (excludes halogenated alkanes) is 8. The van der Waals surface area contributed by atoms with Gasteiger partial charge < -0.3 is 9.80 Å². The quantitative estimate of drug-likeness (QED) is 0.0624. The van der Waals surface area contributed by atoms with E-state index in [0.717, 1.165) is 49.5 Å². The molecule has 1 atom stereocenters. The molecule has 0 aliphatic rings. The lowest BCUT2D eigenvalue weighted by Gasteiger charge is -2.26. The number of benzene rings is 10. The average Bonchev–Trinajstić information content (AvgIpc) is 3.65. The Bertz CT molecular complexity index is 3600. The van der Waals surface area contributed by atoms with Crippen LogP contribution in [0, 0.1) is 13.8 Å². The summed E-state index contributed by atoms with van der Waals surface area (Å²) in [4.78, 5) is 4.74. The van der Waals surface area contributed by atoms with Gasteiger partial charge in [-0.1, -0.05) is 232 Å². The minimum atomic E-state index is 0.541. The van der Waals surface area contributed by atoms with Gasteiger partial charge in [0.2, 0.25) is 0 Å². The van der Waals surface area contributed by atoms with E-state index in [-0.39, 0.29) is 0 Å². The Balaban J connectivity index is 0.958. The number of aryl methyl sites for hydroxylation is 3. The fourth-order valence-corrected chi connectivity index (χ4v) is 12.6. The molecule has 78 heavy (non-hydrogen) atoms. The van der Waals surface area contributed by atoms with E-state index in [2.05, 4.69) is 283 Å². The van der Waals surface area contributed by atoms with E-state index in [1.165, 1.54) is 148 Å². The smallest absolute Gasteiger partial charge is 0.0472 e. The van der Waals surface area contributed by atoms with E-state index < -0.39 is 0 Å². The molecule has 0 aliphatic carbocycles. The molecule has 0 heterocycles. The maximum atomic E-state index is 3.77. The van der Waals surface area contributed by atoms with Crippen molar-refractivity contribution in [2.24, 2.45) is 0 Å². The fraction of sp³-hybridized carbons (Fsp3) is 0.243. The second kappa shape index (κ2) is 25.8. The summed E-state index contributed by atoms with van der Waals surface area (Å²) in [5.41, 5.74) is 19.6. The van der Waals surface area contributed by atoms with Gasteiger partial charge in [0.1, 0.15) is 0 Å². The summed E-state index contributed by atoms with van der Waals surface area (Å²) >= 11 is 7.54. The van der Waals surface area contributed by atoms with Crippen LogP contribution in [0.1, 0.15) is 120 Å². The molecule has 0 amide bonds. The van der Waals surface area contributed by atoms with E-state index in [1.807, 2.05) is 0 Å². The van der Waals surface area contributed by atoms with Crippen LogP contribution in [-0.2, 0) is 6.42 Å². The third-order valence-corrected chi connectivity index (χ3v) is 17.0. The number of hydrogen-bond acceptors (Lipinski definition) is 2. The van der Waals surface area contributed by atoms with Crippen LogP contribution in [0.25, 0.3) is 54.9 Å². The lowest BCUT2D eigenvalue weighted by molar-refractivity contribution is 0.580. The summed E-state index contributed by atoms with van der Waals surface area (Å²) in [5.74, 6) is 0.541. The van der Waals surface area contributed by atoms with Crippen molar-refractivity contribution in [3.63, 3.8) is 0 Å². The predicted molar refractivity (Wildman–Crippen MR) is 346 cm³/mol. The highest BCUT2D eigenvalue weighted by atomic mass is 79.9. The minimum absolute atomic E-state index is 0.541. The maximum absolute atomic E-state index is 3.77. The first kappa shape index (κ1) is 54.6. The van der Waals surface area contributed by atoms with E-state index in [1.54, 1.807) is 0 Å². The SMILES string of the molecule is CCCCCCCCc1ccc(N(c2ccc(-c3cc(C)c(-c4c(C)cc(-c5ccc(N(c6ccc(C(C)CCCCCC)cc6)c6cccc(Br)c6)cc5)c5ccccc45)c4ccccc34)cc2)c2cccc(Br)c2)cc1. The molecule has 2 nitrogen and oxygen atoms in total. The summed E-state index contributed by atoms with van der Waals surface area (Å²) in [6, 6.07) is 77.0. The molecule has 0 radical (unpaired) electrons. The Morgan fingerprint density at radius 1 is 0.372 bits per heavy atom. The second-order valence-corrected chi connectivity index (χ2v) is 23.4. The first-order valence-electron chi connectivity index (χ1n) is 28.7. The van der Waals surface area contributed by atoms with Gasteiger partial charge in [-0.25, -0.2) is 0 Å². The lowest BCUT2D eigenvalue weighted by Crippen LogP contribution is -2.10. The monoisotopic (exact) mass is 1150 g/mol. The molecule has 0 N–H and O–H groups in total. The number of anilines is 6. The fourth-order valence-electron chi connectivity index (χ4n) is 11.8. The van der Waals surface area contributed by atoms with Gasteiger partial charge in [-0.2, -0.15) is 0 Å². The standard InChI is InChI=1S/C74H74Br2N2/c1-6-8-10-12-13-15-23-55-32-40-61(41-33-55)77(65-26-20-24-59(75)50-65)63-44-36-57(37-45-63)71-48-53(4)73(69-30-18-16-28-67(69)71)74-54(5)49-72(68-29-17-19-31-70(68)74)58-38-46-64(47-39-58)78(66-27-21-25-60(76)51-66)62-42-34-56(35-43-62)52(3)22-14-11-9-7-2/h16-21,24-52H,6-15,22-23H2,1-5H3. The third-order valence-electron chi connectivity index (χ3n) is 16.0. The summed E-state index contributed by atoms with van der Waals surface area (Å²) in [7, 11) is 0. The van der Waals surface area contributed by atoms with Crippen LogP contribution < -0.4 is 9.80 Å². The van der Waals surface area contributed by atoms with Gasteiger partial charge in [-0.05, 0) is 201 Å². The summed E-state index contributed by atoms with van der Waals surface area (Å²) < 4.78 is 2.12. The van der Waals surface area contributed by atoms with Crippen LogP contribution in [0.2, 0.25) is 0 Å². The molecule has 0 bridgehead atoms. The van der Waals surface area contributed by atoms with Crippen molar-refractivity contribution in [2.75, 3.05) is 9.80 Å². The Morgan fingerprint density at radius 3 is 1.22 bits per heavy atom. The highest BCUT2D eigenvalue weighted by molar-refractivity contribution is 9.10. The Morgan fingerprint density at radius 2 is 0.769 bits per heavy atom. The predicted octanol–water partition coefficient (Wildman–Crippen LogP) is 24.1. The van der Waals surface area contributed by atoms with Crippen molar-refractivity contribution in [3.8, 4) is 33.4 Å². The normalized spacial score (nSPS) is 11.8. The van der Waals surface area contributed by atoms with Crippen LogP contribution in [0.3, 0.4) is 0 Å². The Labute approximate surface area is 482 Å². The average molecular weight is 1150 g/mol. The largest absolute Gasteiger partial charge is 0.310 e. The molecule has 0 saturated carbocycles. The van der Waals surface area contributed by atoms with Crippen LogP contribution >= 0.6 is 31.9 Å². The Hall–Kier alpha value is -6.72. The molecule has 10 aromatic rings. The molecule has 0 fully saturated rings.